The van der Waals surface area contributed by atoms with Gasteiger partial charge >= 0.3 is 0 Å². The number of carbonyl (C=O) groups is 1. The number of para-hydroxylation sites is 1. The first-order valence-corrected chi connectivity index (χ1v) is 7.16. The van der Waals surface area contributed by atoms with Gasteiger partial charge in [0.15, 0.2) is 0 Å². The zero-order chi connectivity index (χ0) is 14.5. The van der Waals surface area contributed by atoms with Crippen LogP contribution in [-0.4, -0.2) is 29.9 Å². The van der Waals surface area contributed by atoms with Crippen LogP contribution >= 0.6 is 0 Å². The number of carbonyl (C=O) groups excluding carboxylic acids is 1. The van der Waals surface area contributed by atoms with Crippen molar-refractivity contribution in [2.75, 3.05) is 18.4 Å². The lowest BCUT2D eigenvalue weighted by Crippen LogP contribution is -2.45. The fraction of sp³-hybridized carbons (Fsp3) is 0.500. The number of nitrogens with one attached hydrogen (secondary N) is 1. The monoisotopic (exact) mass is 271 g/mol. The van der Waals surface area contributed by atoms with E-state index in [4.69, 9.17) is 5.26 Å². The van der Waals surface area contributed by atoms with Crippen molar-refractivity contribution in [1.82, 2.24) is 4.90 Å². The minimum atomic E-state index is -0.158. The number of rotatable bonds is 3. The van der Waals surface area contributed by atoms with Gasteiger partial charge in [-0.15, -0.1) is 0 Å². The van der Waals surface area contributed by atoms with Crippen LogP contribution in [0.25, 0.3) is 0 Å². The number of likely N-dealkylation sites (tertiary alicyclic amines) is 1. The molecule has 1 aliphatic heterocycles. The molecule has 1 fully saturated rings. The van der Waals surface area contributed by atoms with E-state index in [1.807, 2.05) is 13.0 Å². The van der Waals surface area contributed by atoms with E-state index in [1.54, 1.807) is 18.2 Å². The largest absolute Gasteiger partial charge is 0.324 e. The number of nitriles is 1. The van der Waals surface area contributed by atoms with Crippen molar-refractivity contribution in [2.45, 2.75) is 32.7 Å². The number of hydrogen-bond acceptors (Lipinski definition) is 3. The number of piperidine rings is 1. The van der Waals surface area contributed by atoms with Crippen LogP contribution in [0.1, 0.15) is 32.3 Å². The van der Waals surface area contributed by atoms with Crippen LogP contribution in [0.2, 0.25) is 0 Å². The predicted molar refractivity (Wildman–Crippen MR) is 79.2 cm³/mol. The van der Waals surface area contributed by atoms with Crippen LogP contribution in [0.3, 0.4) is 0 Å². The first kappa shape index (κ1) is 14.5. The molecular formula is C16H21N3O. The molecule has 0 bridgehead atoms. The molecule has 1 aromatic carbocycles. The Kier molecular flexibility index (Phi) is 4.75. The number of benzene rings is 1. The molecule has 0 unspecified atom stereocenters. The second kappa shape index (κ2) is 6.53. The van der Waals surface area contributed by atoms with Crippen LogP contribution in [0.4, 0.5) is 5.69 Å². The maximum absolute atomic E-state index is 12.3. The Morgan fingerprint density at radius 2 is 2.05 bits per heavy atom. The molecule has 0 aromatic heterocycles. The van der Waals surface area contributed by atoms with Gasteiger partial charge in [0.1, 0.15) is 6.07 Å². The minimum Gasteiger partial charge on any atom is -0.324 e. The van der Waals surface area contributed by atoms with Crippen LogP contribution in [0.5, 0.6) is 0 Å². The van der Waals surface area contributed by atoms with Gasteiger partial charge in [-0.05, 0) is 50.9 Å². The molecule has 1 N–H and O–H groups in total. The Morgan fingerprint density at radius 3 is 2.70 bits per heavy atom. The summed E-state index contributed by atoms with van der Waals surface area (Å²) >= 11 is 0. The third kappa shape index (κ3) is 3.37. The van der Waals surface area contributed by atoms with E-state index in [9.17, 15) is 4.79 Å². The van der Waals surface area contributed by atoms with Gasteiger partial charge < -0.3 is 5.32 Å². The topological polar surface area (TPSA) is 56.1 Å². The van der Waals surface area contributed by atoms with Crippen molar-refractivity contribution >= 4 is 11.6 Å². The highest BCUT2D eigenvalue weighted by atomic mass is 16.2. The van der Waals surface area contributed by atoms with Gasteiger partial charge in [0.2, 0.25) is 5.91 Å². The highest BCUT2D eigenvalue weighted by molar-refractivity contribution is 5.95. The van der Waals surface area contributed by atoms with E-state index in [-0.39, 0.29) is 11.9 Å². The number of hydrogen-bond donors (Lipinski definition) is 1. The molecule has 0 saturated carbocycles. The molecule has 0 radical (unpaired) electrons. The summed E-state index contributed by atoms with van der Waals surface area (Å²) in [6, 6.07) is 9.03. The van der Waals surface area contributed by atoms with E-state index in [0.717, 1.165) is 31.8 Å². The van der Waals surface area contributed by atoms with E-state index in [0.29, 0.717) is 11.3 Å². The molecule has 2 rings (SSSR count). The van der Waals surface area contributed by atoms with Crippen molar-refractivity contribution in [3.8, 4) is 6.07 Å². The van der Waals surface area contributed by atoms with Crippen molar-refractivity contribution in [3.05, 3.63) is 29.8 Å². The fourth-order valence-corrected chi connectivity index (χ4v) is 2.51. The summed E-state index contributed by atoms with van der Waals surface area (Å²) in [6.45, 7) is 6.12. The second-order valence-corrected chi connectivity index (χ2v) is 5.54. The van der Waals surface area contributed by atoms with Crippen molar-refractivity contribution in [3.63, 3.8) is 0 Å². The standard InChI is InChI=1S/C16H21N3O/c1-12-7-9-19(10-8-12)13(2)16(20)18-15-6-4-3-5-14(15)11-17/h3-6,12-13H,7-10H2,1-2H3,(H,18,20)/t13-/m1/s1. The fourth-order valence-electron chi connectivity index (χ4n) is 2.51. The average Bonchev–Trinajstić information content (AvgIpc) is 2.48. The molecule has 0 aliphatic carbocycles. The molecule has 0 spiro atoms. The normalized spacial score (nSPS) is 18.2. The van der Waals surface area contributed by atoms with E-state index in [2.05, 4.69) is 23.2 Å². The number of nitrogens with zero attached hydrogens (tertiary/aromatic N) is 2. The molecule has 4 heteroatoms. The Morgan fingerprint density at radius 1 is 1.40 bits per heavy atom. The van der Waals surface area contributed by atoms with Crippen LogP contribution in [0, 0.1) is 17.2 Å². The lowest BCUT2D eigenvalue weighted by molar-refractivity contribution is -0.121. The third-order valence-electron chi connectivity index (χ3n) is 4.05. The number of amides is 1. The van der Waals surface area contributed by atoms with Gasteiger partial charge in [-0.3, -0.25) is 9.69 Å². The van der Waals surface area contributed by atoms with E-state index < -0.39 is 0 Å². The average molecular weight is 271 g/mol. The van der Waals surface area contributed by atoms with Crippen molar-refractivity contribution in [2.24, 2.45) is 5.92 Å². The van der Waals surface area contributed by atoms with E-state index >= 15 is 0 Å². The summed E-state index contributed by atoms with van der Waals surface area (Å²) < 4.78 is 0. The van der Waals surface area contributed by atoms with Gasteiger partial charge in [0.25, 0.3) is 0 Å². The summed E-state index contributed by atoms with van der Waals surface area (Å²) in [7, 11) is 0. The third-order valence-corrected chi connectivity index (χ3v) is 4.05. The highest BCUT2D eigenvalue weighted by Crippen LogP contribution is 2.19. The number of anilines is 1. The summed E-state index contributed by atoms with van der Waals surface area (Å²) in [4.78, 5) is 14.5. The maximum Gasteiger partial charge on any atom is 0.241 e. The first-order chi connectivity index (χ1) is 9.61. The Balaban J connectivity index is 1.99. The molecule has 1 atom stereocenters. The highest BCUT2D eigenvalue weighted by Gasteiger charge is 2.25. The summed E-state index contributed by atoms with van der Waals surface area (Å²) in [6.07, 6.45) is 2.29. The lowest BCUT2D eigenvalue weighted by Gasteiger charge is -2.34. The maximum atomic E-state index is 12.3. The van der Waals surface area contributed by atoms with Crippen LogP contribution in [0.15, 0.2) is 24.3 Å². The summed E-state index contributed by atoms with van der Waals surface area (Å²) in [5.74, 6) is 0.711. The van der Waals surface area contributed by atoms with Gasteiger partial charge in [-0.25, -0.2) is 0 Å². The SMILES string of the molecule is CC1CCN([C@H](C)C(=O)Nc2ccccc2C#N)CC1. The van der Waals surface area contributed by atoms with Crippen LogP contribution in [-0.2, 0) is 4.79 Å². The summed E-state index contributed by atoms with van der Waals surface area (Å²) in [5, 5.41) is 11.9. The van der Waals surface area contributed by atoms with Crippen LogP contribution < -0.4 is 5.32 Å². The zero-order valence-corrected chi connectivity index (χ0v) is 12.1. The molecule has 20 heavy (non-hydrogen) atoms. The summed E-state index contributed by atoms with van der Waals surface area (Å²) in [5.41, 5.74) is 1.09. The molecule has 4 nitrogen and oxygen atoms in total. The predicted octanol–water partition coefficient (Wildman–Crippen LogP) is 2.62. The Bertz CT molecular complexity index is 513. The second-order valence-electron chi connectivity index (χ2n) is 5.54. The molecule has 1 aliphatic rings. The Hall–Kier alpha value is -1.86. The molecule has 1 aromatic rings. The van der Waals surface area contributed by atoms with Gasteiger partial charge in [-0.2, -0.15) is 5.26 Å². The molecular weight excluding hydrogens is 250 g/mol. The lowest BCUT2D eigenvalue weighted by atomic mass is 9.98. The van der Waals surface area contributed by atoms with Crippen molar-refractivity contribution in [1.29, 1.82) is 5.26 Å². The minimum absolute atomic E-state index is 0.0396. The molecule has 106 valence electrons. The molecule has 1 heterocycles. The molecule has 1 amide bonds. The molecule has 1 saturated heterocycles. The van der Waals surface area contributed by atoms with Gasteiger partial charge in [0.05, 0.1) is 17.3 Å². The van der Waals surface area contributed by atoms with Crippen molar-refractivity contribution < 1.29 is 4.79 Å². The first-order valence-electron chi connectivity index (χ1n) is 7.16. The quantitative estimate of drug-likeness (QED) is 0.919. The van der Waals surface area contributed by atoms with Gasteiger partial charge in [-0.1, -0.05) is 19.1 Å². The Labute approximate surface area is 120 Å². The smallest absolute Gasteiger partial charge is 0.241 e. The van der Waals surface area contributed by atoms with E-state index in [1.165, 1.54) is 0 Å². The van der Waals surface area contributed by atoms with Gasteiger partial charge in [0, 0.05) is 0 Å². The zero-order valence-electron chi connectivity index (χ0n) is 12.1.